The number of carbonyl (C=O) groups excluding carboxylic acids is 1. The normalized spacial score (nSPS) is 16.7. The summed E-state index contributed by atoms with van der Waals surface area (Å²) < 4.78 is 14.4. The third-order valence-corrected chi connectivity index (χ3v) is 5.03. The third-order valence-electron chi connectivity index (χ3n) is 3.02. The van der Waals surface area contributed by atoms with Crippen LogP contribution in [0.2, 0.25) is 5.32 Å². The molecule has 21 heavy (non-hydrogen) atoms. The van der Waals surface area contributed by atoms with Crippen LogP contribution in [0.25, 0.3) is 0 Å². The summed E-state index contributed by atoms with van der Waals surface area (Å²) in [7, 11) is 0. The monoisotopic (exact) mass is 349 g/mol. The first-order valence-electron chi connectivity index (χ1n) is 6.39. The molecule has 1 aromatic carbocycles. The fourth-order valence-electron chi connectivity index (χ4n) is 1.95. The van der Waals surface area contributed by atoms with Gasteiger partial charge in [0.05, 0.1) is 0 Å². The van der Waals surface area contributed by atoms with Crippen LogP contribution in [0.15, 0.2) is 53.8 Å². The zero-order valence-electron chi connectivity index (χ0n) is 11.1. The number of halogens is 1. The van der Waals surface area contributed by atoms with Crippen LogP contribution in [0.4, 0.5) is 10.1 Å². The summed E-state index contributed by atoms with van der Waals surface area (Å²) in [6.07, 6.45) is 3.38. The van der Waals surface area contributed by atoms with Gasteiger partial charge >= 0.3 is 127 Å². The Labute approximate surface area is 127 Å². The van der Waals surface area contributed by atoms with E-state index in [0.29, 0.717) is 16.6 Å². The Morgan fingerprint density at radius 2 is 2.00 bits per heavy atom. The molecule has 2 heterocycles. The van der Waals surface area contributed by atoms with E-state index in [1.807, 2.05) is 12.1 Å². The number of nitrogens with zero attached hydrogens (tertiary/aromatic N) is 3. The number of para-hydroxylation sites is 1. The molecule has 3 rings (SSSR count). The van der Waals surface area contributed by atoms with Gasteiger partial charge in [-0.3, -0.25) is 0 Å². The van der Waals surface area contributed by atoms with Crippen molar-refractivity contribution in [2.24, 2.45) is 4.99 Å². The molecule has 106 valence electrons. The third kappa shape index (κ3) is 3.17. The van der Waals surface area contributed by atoms with Crippen molar-refractivity contribution in [3.8, 4) is 0 Å². The van der Waals surface area contributed by atoms with Crippen molar-refractivity contribution in [2.45, 2.75) is 11.9 Å². The molecule has 0 bridgehead atoms. The molecule has 0 saturated carbocycles. The number of aromatic nitrogens is 1. The van der Waals surface area contributed by atoms with E-state index < -0.39 is 0 Å². The molecule has 4 nitrogen and oxygen atoms in total. The maximum absolute atomic E-state index is 13.7. The van der Waals surface area contributed by atoms with Crippen molar-refractivity contribution in [3.05, 3.63) is 60.2 Å². The van der Waals surface area contributed by atoms with Crippen LogP contribution in [0.1, 0.15) is 5.56 Å². The van der Waals surface area contributed by atoms with Crippen LogP contribution in [0.3, 0.4) is 0 Å². The average Bonchev–Trinajstić information content (AvgIpc) is 2.84. The first-order valence-corrected chi connectivity index (χ1v) is 8.46. The molecule has 1 fully saturated rings. The molecular weight excluding hydrogens is 336 g/mol. The second-order valence-corrected chi connectivity index (χ2v) is 6.45. The number of amidine groups is 1. The predicted molar refractivity (Wildman–Crippen MR) is 78.8 cm³/mol. The van der Waals surface area contributed by atoms with E-state index in [2.05, 4.69) is 9.98 Å². The summed E-state index contributed by atoms with van der Waals surface area (Å²) in [4.78, 5) is 22.0. The SMILES string of the molecule is O=C1C[Se]C(=Nc2ccccc2F)N1Cc1ccncc1. The molecule has 2 aromatic rings. The van der Waals surface area contributed by atoms with E-state index in [-0.39, 0.29) is 32.4 Å². The second kappa shape index (κ2) is 6.16. The van der Waals surface area contributed by atoms with Gasteiger partial charge in [-0.25, -0.2) is 0 Å². The summed E-state index contributed by atoms with van der Waals surface area (Å²) in [6, 6.07) is 10.1. The number of benzene rings is 1. The molecule has 0 unspecified atom stereocenters. The number of hydrogen-bond donors (Lipinski definition) is 0. The maximum atomic E-state index is 13.7. The van der Waals surface area contributed by atoms with E-state index >= 15 is 0 Å². The first-order chi connectivity index (χ1) is 10.2. The van der Waals surface area contributed by atoms with Gasteiger partial charge in [0.2, 0.25) is 0 Å². The van der Waals surface area contributed by atoms with Crippen molar-refractivity contribution in [3.63, 3.8) is 0 Å². The average molecular weight is 348 g/mol. The Balaban J connectivity index is 1.88. The molecule has 0 spiro atoms. The molecule has 0 N–H and O–H groups in total. The molecule has 1 aliphatic rings. The van der Waals surface area contributed by atoms with Gasteiger partial charge in [0, 0.05) is 0 Å². The molecule has 0 aliphatic carbocycles. The van der Waals surface area contributed by atoms with Crippen LogP contribution in [0, 0.1) is 5.82 Å². The summed E-state index contributed by atoms with van der Waals surface area (Å²) in [5, 5.41) is 0.478. The molecule has 1 amide bonds. The summed E-state index contributed by atoms with van der Waals surface area (Å²) in [5.74, 6) is -0.328. The summed E-state index contributed by atoms with van der Waals surface area (Å²) in [6.45, 7) is 0.455. The minimum absolute atomic E-state index is 0.0434. The zero-order valence-corrected chi connectivity index (χ0v) is 12.8. The Kier molecular flexibility index (Phi) is 4.08. The molecule has 0 radical (unpaired) electrons. The van der Waals surface area contributed by atoms with Gasteiger partial charge in [-0.2, -0.15) is 0 Å². The molecule has 1 saturated heterocycles. The Bertz CT molecular complexity index is 690. The van der Waals surface area contributed by atoms with Crippen molar-refractivity contribution in [1.29, 1.82) is 0 Å². The number of rotatable bonds is 3. The van der Waals surface area contributed by atoms with Crippen LogP contribution < -0.4 is 0 Å². The number of aliphatic imine (C=N–C) groups is 1. The topological polar surface area (TPSA) is 45.6 Å². The number of carbonyl (C=O) groups is 1. The van der Waals surface area contributed by atoms with E-state index in [1.165, 1.54) is 6.07 Å². The molecule has 0 atom stereocenters. The van der Waals surface area contributed by atoms with Crippen molar-refractivity contribution in [1.82, 2.24) is 9.88 Å². The predicted octanol–water partition coefficient (Wildman–Crippen LogP) is 2.37. The Hall–Kier alpha value is -2.04. The standard InChI is InChI=1S/C15H12FN3OSe/c16-12-3-1-2-4-13(12)18-15-19(14(20)10-21-15)9-11-5-7-17-8-6-11/h1-8H,9-10H2. The van der Waals surface area contributed by atoms with Crippen LogP contribution in [-0.2, 0) is 11.3 Å². The Morgan fingerprint density at radius 1 is 1.24 bits per heavy atom. The van der Waals surface area contributed by atoms with E-state index in [4.69, 9.17) is 0 Å². The number of amides is 1. The van der Waals surface area contributed by atoms with Crippen LogP contribution in [0.5, 0.6) is 0 Å². The fourth-order valence-corrected chi connectivity index (χ4v) is 3.83. The van der Waals surface area contributed by atoms with Gasteiger partial charge in [-0.1, -0.05) is 0 Å². The van der Waals surface area contributed by atoms with Gasteiger partial charge in [-0.05, 0) is 0 Å². The van der Waals surface area contributed by atoms with E-state index in [1.54, 1.807) is 35.5 Å². The van der Waals surface area contributed by atoms with E-state index in [9.17, 15) is 9.18 Å². The van der Waals surface area contributed by atoms with Gasteiger partial charge in [-0.15, -0.1) is 0 Å². The quantitative estimate of drug-likeness (QED) is 0.800. The van der Waals surface area contributed by atoms with Crippen molar-refractivity contribution < 1.29 is 9.18 Å². The van der Waals surface area contributed by atoms with Gasteiger partial charge in [0.25, 0.3) is 0 Å². The molecular formula is C15H12FN3OSe. The number of pyridine rings is 1. The second-order valence-electron chi connectivity index (χ2n) is 4.47. The van der Waals surface area contributed by atoms with E-state index in [0.717, 1.165) is 5.56 Å². The van der Waals surface area contributed by atoms with Gasteiger partial charge in [0.1, 0.15) is 0 Å². The molecule has 1 aliphatic heterocycles. The number of hydrogen-bond acceptors (Lipinski definition) is 3. The Morgan fingerprint density at radius 3 is 2.76 bits per heavy atom. The van der Waals surface area contributed by atoms with Crippen LogP contribution >= 0.6 is 0 Å². The first kappa shape index (κ1) is 13.9. The molecule has 6 heteroatoms. The van der Waals surface area contributed by atoms with Gasteiger partial charge < -0.3 is 0 Å². The van der Waals surface area contributed by atoms with Crippen molar-refractivity contribution >= 4 is 31.3 Å². The fraction of sp³-hybridized carbons (Fsp3) is 0.133. The zero-order chi connectivity index (χ0) is 14.7. The molecule has 1 aromatic heterocycles. The van der Waals surface area contributed by atoms with Gasteiger partial charge in [0.15, 0.2) is 0 Å². The summed E-state index contributed by atoms with van der Waals surface area (Å²) in [5.41, 5.74) is 1.26. The van der Waals surface area contributed by atoms with Crippen molar-refractivity contribution in [2.75, 3.05) is 0 Å². The summed E-state index contributed by atoms with van der Waals surface area (Å²) >= 11 is -0.0492. The van der Waals surface area contributed by atoms with Crippen LogP contribution in [-0.4, -0.2) is 35.5 Å². The minimum atomic E-state index is -0.371.